The Labute approximate surface area is 117 Å². The minimum atomic E-state index is 0.665. The summed E-state index contributed by atoms with van der Waals surface area (Å²) < 4.78 is 1.16. The van der Waals surface area contributed by atoms with Crippen LogP contribution in [-0.2, 0) is 0 Å². The quantitative estimate of drug-likeness (QED) is 0.792. The van der Waals surface area contributed by atoms with Crippen LogP contribution in [0.1, 0.15) is 17.9 Å². The molecule has 0 aromatic heterocycles. The van der Waals surface area contributed by atoms with Gasteiger partial charge in [-0.1, -0.05) is 46.3 Å². The van der Waals surface area contributed by atoms with Crippen LogP contribution < -0.4 is 4.90 Å². The SMILES string of the molecule is Brc1ccc(C2CCN(c3ccccc3)C2)cc1. The average Bonchev–Trinajstić information content (AvgIpc) is 2.90. The summed E-state index contributed by atoms with van der Waals surface area (Å²) in [5.41, 5.74) is 2.80. The first kappa shape index (κ1) is 11.8. The fourth-order valence-corrected chi connectivity index (χ4v) is 2.90. The molecular weight excluding hydrogens is 286 g/mol. The van der Waals surface area contributed by atoms with E-state index in [9.17, 15) is 0 Å². The third-order valence-corrected chi connectivity index (χ3v) is 4.18. The molecule has 18 heavy (non-hydrogen) atoms. The van der Waals surface area contributed by atoms with Crippen molar-refractivity contribution in [3.05, 3.63) is 64.6 Å². The summed E-state index contributed by atoms with van der Waals surface area (Å²) in [6, 6.07) is 19.5. The molecule has 3 rings (SSSR count). The van der Waals surface area contributed by atoms with Gasteiger partial charge in [0, 0.05) is 29.2 Å². The van der Waals surface area contributed by atoms with Crippen molar-refractivity contribution >= 4 is 21.6 Å². The van der Waals surface area contributed by atoms with E-state index in [1.165, 1.54) is 17.7 Å². The third-order valence-electron chi connectivity index (χ3n) is 3.65. The summed E-state index contributed by atoms with van der Waals surface area (Å²) in [6.45, 7) is 2.29. The van der Waals surface area contributed by atoms with Crippen LogP contribution in [0.25, 0.3) is 0 Å². The minimum absolute atomic E-state index is 0.665. The predicted octanol–water partition coefficient (Wildman–Crippen LogP) is 4.44. The van der Waals surface area contributed by atoms with Crippen LogP contribution in [0.4, 0.5) is 5.69 Å². The molecule has 0 spiro atoms. The summed E-state index contributed by atoms with van der Waals surface area (Å²) >= 11 is 3.49. The molecule has 1 unspecified atom stereocenters. The molecule has 1 nitrogen and oxygen atoms in total. The maximum atomic E-state index is 3.49. The molecule has 1 fully saturated rings. The molecule has 0 saturated carbocycles. The second-order valence-corrected chi connectivity index (χ2v) is 5.73. The summed E-state index contributed by atoms with van der Waals surface area (Å²) in [5.74, 6) is 0.665. The smallest absolute Gasteiger partial charge is 0.0366 e. The van der Waals surface area contributed by atoms with Crippen molar-refractivity contribution < 1.29 is 0 Å². The highest BCUT2D eigenvalue weighted by atomic mass is 79.9. The highest BCUT2D eigenvalue weighted by Gasteiger charge is 2.23. The van der Waals surface area contributed by atoms with Crippen molar-refractivity contribution in [3.63, 3.8) is 0 Å². The van der Waals surface area contributed by atoms with Gasteiger partial charge in [0.1, 0.15) is 0 Å². The molecule has 0 radical (unpaired) electrons. The van der Waals surface area contributed by atoms with Gasteiger partial charge in [-0.15, -0.1) is 0 Å². The van der Waals surface area contributed by atoms with Crippen LogP contribution in [-0.4, -0.2) is 13.1 Å². The lowest BCUT2D eigenvalue weighted by Crippen LogP contribution is -2.18. The van der Waals surface area contributed by atoms with Crippen molar-refractivity contribution in [3.8, 4) is 0 Å². The van der Waals surface area contributed by atoms with Gasteiger partial charge < -0.3 is 4.90 Å². The Bertz CT molecular complexity index is 506. The van der Waals surface area contributed by atoms with Crippen LogP contribution in [0.5, 0.6) is 0 Å². The first-order chi connectivity index (χ1) is 8.83. The van der Waals surface area contributed by atoms with Crippen LogP contribution in [0, 0.1) is 0 Å². The number of hydrogen-bond donors (Lipinski definition) is 0. The molecule has 1 aliphatic heterocycles. The van der Waals surface area contributed by atoms with E-state index in [2.05, 4.69) is 75.4 Å². The Kier molecular flexibility index (Phi) is 3.37. The molecule has 2 heteroatoms. The van der Waals surface area contributed by atoms with Gasteiger partial charge in [-0.3, -0.25) is 0 Å². The molecule has 92 valence electrons. The number of benzene rings is 2. The van der Waals surface area contributed by atoms with Gasteiger partial charge >= 0.3 is 0 Å². The average molecular weight is 302 g/mol. The van der Waals surface area contributed by atoms with Crippen molar-refractivity contribution in [2.75, 3.05) is 18.0 Å². The Hall–Kier alpha value is -1.28. The van der Waals surface area contributed by atoms with Gasteiger partial charge in [0.15, 0.2) is 0 Å². The van der Waals surface area contributed by atoms with Crippen LogP contribution in [0.2, 0.25) is 0 Å². The van der Waals surface area contributed by atoms with E-state index >= 15 is 0 Å². The first-order valence-corrected chi connectivity index (χ1v) is 7.18. The summed E-state index contributed by atoms with van der Waals surface area (Å²) in [4.78, 5) is 2.48. The van der Waals surface area contributed by atoms with Crippen molar-refractivity contribution in [2.45, 2.75) is 12.3 Å². The largest absolute Gasteiger partial charge is 0.371 e. The van der Waals surface area contributed by atoms with Crippen LogP contribution in [0.3, 0.4) is 0 Å². The Balaban J connectivity index is 1.74. The molecule has 1 atom stereocenters. The summed E-state index contributed by atoms with van der Waals surface area (Å²) in [6.07, 6.45) is 1.25. The number of nitrogens with zero attached hydrogens (tertiary/aromatic N) is 1. The molecule has 1 heterocycles. The van der Waals surface area contributed by atoms with Gasteiger partial charge in [0.25, 0.3) is 0 Å². The van der Waals surface area contributed by atoms with Gasteiger partial charge in [0.2, 0.25) is 0 Å². The topological polar surface area (TPSA) is 3.24 Å². The summed E-state index contributed by atoms with van der Waals surface area (Å²) in [5, 5.41) is 0. The zero-order chi connectivity index (χ0) is 12.4. The van der Waals surface area contributed by atoms with E-state index in [-0.39, 0.29) is 0 Å². The second-order valence-electron chi connectivity index (χ2n) is 4.82. The molecule has 0 bridgehead atoms. The zero-order valence-electron chi connectivity index (χ0n) is 10.2. The molecule has 1 aliphatic rings. The van der Waals surface area contributed by atoms with Gasteiger partial charge in [-0.25, -0.2) is 0 Å². The normalized spacial score (nSPS) is 19.2. The Morgan fingerprint density at radius 2 is 1.67 bits per heavy atom. The highest BCUT2D eigenvalue weighted by molar-refractivity contribution is 9.10. The van der Waals surface area contributed by atoms with Gasteiger partial charge in [-0.05, 0) is 36.2 Å². The first-order valence-electron chi connectivity index (χ1n) is 6.38. The number of anilines is 1. The fraction of sp³-hybridized carbons (Fsp3) is 0.250. The second kappa shape index (κ2) is 5.15. The van der Waals surface area contributed by atoms with E-state index in [1.54, 1.807) is 0 Å². The van der Waals surface area contributed by atoms with E-state index in [1.807, 2.05) is 0 Å². The van der Waals surface area contributed by atoms with Crippen molar-refractivity contribution in [2.24, 2.45) is 0 Å². The summed E-state index contributed by atoms with van der Waals surface area (Å²) in [7, 11) is 0. The van der Waals surface area contributed by atoms with E-state index in [0.29, 0.717) is 5.92 Å². The monoisotopic (exact) mass is 301 g/mol. The minimum Gasteiger partial charge on any atom is -0.371 e. The lowest BCUT2D eigenvalue weighted by atomic mass is 9.99. The fourth-order valence-electron chi connectivity index (χ4n) is 2.64. The highest BCUT2D eigenvalue weighted by Crippen LogP contribution is 2.31. The lowest BCUT2D eigenvalue weighted by Gasteiger charge is -2.18. The van der Waals surface area contributed by atoms with Crippen LogP contribution in [0.15, 0.2) is 59.1 Å². The van der Waals surface area contributed by atoms with Gasteiger partial charge in [-0.2, -0.15) is 0 Å². The molecule has 0 aliphatic carbocycles. The van der Waals surface area contributed by atoms with E-state index in [0.717, 1.165) is 17.6 Å². The molecule has 1 saturated heterocycles. The molecule has 2 aromatic rings. The predicted molar refractivity (Wildman–Crippen MR) is 80.2 cm³/mol. The number of para-hydroxylation sites is 1. The Morgan fingerprint density at radius 1 is 0.944 bits per heavy atom. The number of halogens is 1. The molecule has 0 amide bonds. The maximum Gasteiger partial charge on any atom is 0.0366 e. The number of rotatable bonds is 2. The molecule has 2 aromatic carbocycles. The number of hydrogen-bond acceptors (Lipinski definition) is 1. The standard InChI is InChI=1S/C16H16BrN/c17-15-8-6-13(7-9-15)14-10-11-18(12-14)16-4-2-1-3-5-16/h1-9,14H,10-12H2. The van der Waals surface area contributed by atoms with Crippen LogP contribution >= 0.6 is 15.9 Å². The van der Waals surface area contributed by atoms with Crippen molar-refractivity contribution in [1.82, 2.24) is 0 Å². The lowest BCUT2D eigenvalue weighted by molar-refractivity contribution is 0.775. The zero-order valence-corrected chi connectivity index (χ0v) is 11.8. The third kappa shape index (κ3) is 2.44. The molecular formula is C16H16BrN. The Morgan fingerprint density at radius 3 is 2.39 bits per heavy atom. The molecule has 0 N–H and O–H groups in total. The maximum absolute atomic E-state index is 3.49. The van der Waals surface area contributed by atoms with E-state index in [4.69, 9.17) is 0 Å². The van der Waals surface area contributed by atoms with Crippen molar-refractivity contribution in [1.29, 1.82) is 0 Å². The van der Waals surface area contributed by atoms with E-state index < -0.39 is 0 Å². The van der Waals surface area contributed by atoms with Gasteiger partial charge in [0.05, 0.1) is 0 Å².